The Morgan fingerprint density at radius 1 is 0.509 bits per heavy atom. The molecule has 0 saturated carbocycles. The van der Waals surface area contributed by atoms with Crippen LogP contribution in [0.25, 0.3) is 87.4 Å². The van der Waals surface area contributed by atoms with E-state index in [1.165, 1.54) is 21.0 Å². The number of hydrogen-bond donors (Lipinski definition) is 0. The van der Waals surface area contributed by atoms with Gasteiger partial charge in [0, 0.05) is 59.2 Å². The molecule has 0 N–H and O–H groups in total. The van der Waals surface area contributed by atoms with Gasteiger partial charge in [-0.3, -0.25) is 0 Å². The third-order valence-corrected chi connectivity index (χ3v) is 12.7. The fourth-order valence-corrected chi connectivity index (χ4v) is 10.0. The predicted molar refractivity (Wildman–Crippen MR) is 235 cm³/mol. The van der Waals surface area contributed by atoms with Crippen LogP contribution in [0.3, 0.4) is 0 Å². The van der Waals surface area contributed by atoms with Crippen LogP contribution >= 0.6 is 11.3 Å². The molecule has 268 valence electrons. The number of benzene rings is 7. The second-order valence-electron chi connectivity index (χ2n) is 14.7. The van der Waals surface area contributed by atoms with Crippen molar-refractivity contribution in [2.75, 3.05) is 4.90 Å². The number of aromatic nitrogens is 3. The molecular weight excluding hydrogens is 717 g/mol. The van der Waals surface area contributed by atoms with Crippen molar-refractivity contribution < 1.29 is 4.42 Å². The van der Waals surface area contributed by atoms with E-state index in [4.69, 9.17) is 19.4 Å². The predicted octanol–water partition coefficient (Wildman–Crippen LogP) is 13.5. The van der Waals surface area contributed by atoms with Gasteiger partial charge >= 0.3 is 0 Å². The minimum Gasteiger partial charge on any atom is -0.454 e. The van der Waals surface area contributed by atoms with Crippen LogP contribution in [-0.2, 0) is 0 Å². The first kappa shape index (κ1) is 32.1. The molecule has 0 saturated heterocycles. The van der Waals surface area contributed by atoms with Crippen LogP contribution in [-0.4, -0.2) is 21.0 Å². The molecule has 10 aromatic rings. The molecule has 0 spiro atoms. The first-order valence-electron chi connectivity index (χ1n) is 19.3. The monoisotopic (exact) mass is 748 g/mol. The summed E-state index contributed by atoms with van der Waals surface area (Å²) < 4.78 is 9.13. The number of rotatable bonds is 5. The lowest BCUT2D eigenvalue weighted by atomic mass is 9.91. The number of para-hydroxylation sites is 1. The van der Waals surface area contributed by atoms with Crippen LogP contribution in [0.4, 0.5) is 11.4 Å². The number of nitrogens with zero attached hydrogens (tertiary/aromatic N) is 4. The highest BCUT2D eigenvalue weighted by Gasteiger charge is 2.40. The lowest BCUT2D eigenvalue weighted by Crippen LogP contribution is -2.28. The fraction of sp³-hybridized carbons (Fsp3) is 0.0392. The van der Waals surface area contributed by atoms with Crippen molar-refractivity contribution in [3.8, 4) is 45.3 Å². The van der Waals surface area contributed by atoms with Crippen LogP contribution in [0.15, 0.2) is 186 Å². The Kier molecular flexibility index (Phi) is 7.16. The Morgan fingerprint density at radius 2 is 1.19 bits per heavy atom. The number of thiophene rings is 1. The third-order valence-electron chi connectivity index (χ3n) is 11.4. The number of hydrogen-bond acceptors (Lipinski definition) is 6. The highest BCUT2D eigenvalue weighted by molar-refractivity contribution is 7.26. The van der Waals surface area contributed by atoms with E-state index in [1.807, 2.05) is 30.3 Å². The minimum atomic E-state index is 0.0635. The number of allylic oxidation sites excluding steroid dienone is 2. The van der Waals surface area contributed by atoms with Crippen molar-refractivity contribution in [2.24, 2.45) is 0 Å². The molecule has 4 heterocycles. The highest BCUT2D eigenvalue weighted by atomic mass is 32.1. The Balaban J connectivity index is 1.13. The molecule has 0 bridgehead atoms. The summed E-state index contributed by atoms with van der Waals surface area (Å²) in [6.45, 7) is 0. The number of fused-ring (bicyclic) bond motifs is 10. The van der Waals surface area contributed by atoms with Crippen molar-refractivity contribution in [3.63, 3.8) is 0 Å². The highest BCUT2D eigenvalue weighted by Crippen LogP contribution is 2.54. The molecule has 1 aliphatic heterocycles. The molecule has 0 amide bonds. The average molecular weight is 749 g/mol. The van der Waals surface area contributed by atoms with Gasteiger partial charge in [0.15, 0.2) is 23.1 Å². The van der Waals surface area contributed by atoms with Gasteiger partial charge in [-0.2, -0.15) is 0 Å². The second kappa shape index (κ2) is 12.7. The molecule has 57 heavy (non-hydrogen) atoms. The Morgan fingerprint density at radius 3 is 2.05 bits per heavy atom. The zero-order chi connectivity index (χ0) is 37.5. The standard InChI is InChI=1S/C51H32N4OS/c1-3-14-31(15-4-1)33-18-13-19-34(28-33)50-52-49(32-16-5-2-6-17-32)53-51(54-50)42-30-35(29-41-38-22-9-12-25-45(38)57-48(41)42)55-43-23-10-7-20-36(43)39-26-27-40-37-21-8-11-24-44(37)56-47(40)46(39)55/h1-30,36,43H. The van der Waals surface area contributed by atoms with Gasteiger partial charge in [0.2, 0.25) is 0 Å². The van der Waals surface area contributed by atoms with Crippen molar-refractivity contribution in [1.82, 2.24) is 15.0 Å². The Hall–Kier alpha value is -7.15. The molecule has 1 aliphatic carbocycles. The van der Waals surface area contributed by atoms with Gasteiger partial charge in [0.05, 0.1) is 11.7 Å². The quantitative estimate of drug-likeness (QED) is 0.175. The first-order chi connectivity index (χ1) is 28.2. The summed E-state index contributed by atoms with van der Waals surface area (Å²) >= 11 is 1.79. The van der Waals surface area contributed by atoms with E-state index >= 15 is 0 Å². The zero-order valence-electron chi connectivity index (χ0n) is 30.6. The summed E-state index contributed by atoms with van der Waals surface area (Å²) in [5.41, 5.74) is 10.3. The van der Waals surface area contributed by atoms with Gasteiger partial charge in [0.1, 0.15) is 5.58 Å². The van der Waals surface area contributed by atoms with Crippen LogP contribution in [0.2, 0.25) is 0 Å². The molecule has 7 aromatic carbocycles. The summed E-state index contributed by atoms with van der Waals surface area (Å²) in [6, 6.07) is 55.4. The number of anilines is 2. The molecule has 12 rings (SSSR count). The summed E-state index contributed by atoms with van der Waals surface area (Å²) in [7, 11) is 0. The van der Waals surface area contributed by atoms with Gasteiger partial charge in [-0.05, 0) is 47.0 Å². The minimum absolute atomic E-state index is 0.0635. The smallest absolute Gasteiger partial charge is 0.165 e. The fourth-order valence-electron chi connectivity index (χ4n) is 8.81. The van der Waals surface area contributed by atoms with E-state index in [0.29, 0.717) is 17.5 Å². The number of furan rings is 1. The molecule has 0 radical (unpaired) electrons. The molecule has 2 atom stereocenters. The van der Waals surface area contributed by atoms with Gasteiger partial charge in [-0.25, -0.2) is 15.0 Å². The van der Waals surface area contributed by atoms with Crippen LogP contribution in [0, 0.1) is 0 Å². The Bertz CT molecular complexity index is 3270. The van der Waals surface area contributed by atoms with Crippen molar-refractivity contribution in [2.45, 2.75) is 12.0 Å². The Labute approximate surface area is 332 Å². The zero-order valence-corrected chi connectivity index (χ0v) is 31.4. The van der Waals surface area contributed by atoms with Gasteiger partial charge < -0.3 is 9.32 Å². The third kappa shape index (κ3) is 5.11. The van der Waals surface area contributed by atoms with E-state index in [2.05, 4.69) is 157 Å². The topological polar surface area (TPSA) is 55.1 Å². The lowest BCUT2D eigenvalue weighted by Gasteiger charge is -2.29. The summed E-state index contributed by atoms with van der Waals surface area (Å²) in [6.07, 6.45) is 8.99. The van der Waals surface area contributed by atoms with Crippen molar-refractivity contribution >= 4 is 64.8 Å². The van der Waals surface area contributed by atoms with Gasteiger partial charge in [0.25, 0.3) is 0 Å². The first-order valence-corrected chi connectivity index (χ1v) is 20.1. The average Bonchev–Trinajstić information content (AvgIpc) is 3.96. The van der Waals surface area contributed by atoms with Crippen LogP contribution in [0.5, 0.6) is 0 Å². The summed E-state index contributed by atoms with van der Waals surface area (Å²) in [5.74, 6) is 2.08. The van der Waals surface area contributed by atoms with E-state index in [9.17, 15) is 0 Å². The van der Waals surface area contributed by atoms with Crippen LogP contribution < -0.4 is 4.90 Å². The van der Waals surface area contributed by atoms with Gasteiger partial charge in [-0.1, -0.05) is 152 Å². The lowest BCUT2D eigenvalue weighted by molar-refractivity contribution is 0.667. The van der Waals surface area contributed by atoms with E-state index in [1.54, 1.807) is 11.3 Å². The second-order valence-corrected chi connectivity index (χ2v) is 15.8. The molecule has 2 unspecified atom stereocenters. The van der Waals surface area contributed by atoms with E-state index < -0.39 is 0 Å². The van der Waals surface area contributed by atoms with E-state index in [-0.39, 0.29) is 12.0 Å². The SMILES string of the molecule is C1=CC2c3ccc4c(oc5ccccc54)c3N(c3cc(-c4nc(-c5ccccc5)nc(-c5cccc(-c6ccccc6)c5)n4)c4sc5ccccc5c4c3)C2C=C1. The van der Waals surface area contributed by atoms with E-state index in [0.717, 1.165) is 65.8 Å². The van der Waals surface area contributed by atoms with Crippen molar-refractivity contribution in [1.29, 1.82) is 0 Å². The normalized spacial score (nSPS) is 15.9. The maximum absolute atomic E-state index is 6.76. The largest absolute Gasteiger partial charge is 0.454 e. The molecule has 5 nitrogen and oxygen atoms in total. The maximum atomic E-state index is 6.76. The molecular formula is C51H32N4OS. The summed E-state index contributed by atoms with van der Waals surface area (Å²) in [5, 5.41) is 4.63. The molecule has 6 heteroatoms. The molecule has 0 fully saturated rings. The van der Waals surface area contributed by atoms with Crippen LogP contribution in [0.1, 0.15) is 11.5 Å². The van der Waals surface area contributed by atoms with Crippen molar-refractivity contribution in [3.05, 3.63) is 188 Å². The summed E-state index contributed by atoms with van der Waals surface area (Å²) in [4.78, 5) is 18.3. The molecule has 2 aliphatic rings. The molecule has 3 aromatic heterocycles. The maximum Gasteiger partial charge on any atom is 0.165 e. The van der Waals surface area contributed by atoms with Gasteiger partial charge in [-0.15, -0.1) is 11.3 Å².